The smallest absolute Gasteiger partial charge is 0.322 e. The van der Waals surface area contributed by atoms with Gasteiger partial charge in [-0.25, -0.2) is 4.98 Å². The van der Waals surface area contributed by atoms with E-state index < -0.39 is 12.0 Å². The van der Waals surface area contributed by atoms with Crippen LogP contribution in [0.5, 0.6) is 0 Å². The highest BCUT2D eigenvalue weighted by Crippen LogP contribution is 2.23. The molecule has 2 aromatic rings. The van der Waals surface area contributed by atoms with Gasteiger partial charge in [0.05, 0.1) is 18.8 Å². The third-order valence-corrected chi connectivity index (χ3v) is 5.32. The normalized spacial score (nSPS) is 16.5. The monoisotopic (exact) mass is 373 g/mol. The predicted molar refractivity (Wildman–Crippen MR) is 101 cm³/mol. The van der Waals surface area contributed by atoms with Gasteiger partial charge in [0.2, 0.25) is 5.91 Å². The van der Waals surface area contributed by atoms with Crippen LogP contribution in [0.15, 0.2) is 18.5 Å². The molecule has 27 heavy (non-hydrogen) atoms. The van der Waals surface area contributed by atoms with E-state index >= 15 is 0 Å². The second-order valence-corrected chi connectivity index (χ2v) is 7.13. The Morgan fingerprint density at radius 3 is 2.81 bits per heavy atom. The predicted octanol–water partition coefficient (Wildman–Crippen LogP) is 1.26. The number of rotatable bonds is 6. The van der Waals surface area contributed by atoms with Crippen molar-refractivity contribution in [1.82, 2.24) is 19.4 Å². The SMILES string of the molecule is COC(=O)[C@@H](N)CCC(=O)N1CCC(Cn2c(C)nc3cnccc32)CC1. The van der Waals surface area contributed by atoms with Crippen LogP contribution in [-0.4, -0.2) is 57.6 Å². The maximum Gasteiger partial charge on any atom is 0.322 e. The average Bonchev–Trinajstić information content (AvgIpc) is 3.01. The third kappa shape index (κ3) is 4.44. The van der Waals surface area contributed by atoms with Crippen LogP contribution in [0.25, 0.3) is 11.0 Å². The molecule has 8 heteroatoms. The largest absolute Gasteiger partial charge is 0.468 e. The fraction of sp³-hybridized carbons (Fsp3) is 0.579. The van der Waals surface area contributed by atoms with Crippen molar-refractivity contribution in [3.8, 4) is 0 Å². The standard InChI is InChI=1S/C19H27N5O3/c1-13-22-16-11-21-8-5-17(16)24(13)12-14-6-9-23(10-7-14)18(25)4-3-15(20)19(26)27-2/h5,8,11,14-15H,3-4,6-7,9-10,12,20H2,1-2H3/t15-/m0/s1. The molecule has 3 heterocycles. The van der Waals surface area contributed by atoms with E-state index in [1.807, 2.05) is 17.9 Å². The summed E-state index contributed by atoms with van der Waals surface area (Å²) in [6, 6.07) is 1.27. The number of carbonyl (C=O) groups excluding carboxylic acids is 2. The number of esters is 1. The van der Waals surface area contributed by atoms with Crippen molar-refractivity contribution in [1.29, 1.82) is 0 Å². The van der Waals surface area contributed by atoms with E-state index in [0.717, 1.165) is 49.3 Å². The Hall–Kier alpha value is -2.48. The van der Waals surface area contributed by atoms with Crippen LogP contribution in [0.3, 0.4) is 0 Å². The number of aromatic nitrogens is 3. The van der Waals surface area contributed by atoms with Crippen LogP contribution in [-0.2, 0) is 20.9 Å². The minimum atomic E-state index is -0.733. The minimum absolute atomic E-state index is 0.0585. The lowest BCUT2D eigenvalue weighted by atomic mass is 9.96. The molecule has 2 N–H and O–H groups in total. The quantitative estimate of drug-likeness (QED) is 0.765. The molecule has 1 amide bonds. The summed E-state index contributed by atoms with van der Waals surface area (Å²) in [5.41, 5.74) is 7.73. The zero-order valence-electron chi connectivity index (χ0n) is 15.9. The van der Waals surface area contributed by atoms with Crippen LogP contribution in [0.1, 0.15) is 31.5 Å². The number of carbonyl (C=O) groups is 2. The zero-order chi connectivity index (χ0) is 19.4. The first-order valence-electron chi connectivity index (χ1n) is 9.37. The Bertz CT molecular complexity index is 811. The summed E-state index contributed by atoms with van der Waals surface area (Å²) < 4.78 is 6.84. The van der Waals surface area contributed by atoms with Gasteiger partial charge < -0.3 is 19.9 Å². The van der Waals surface area contributed by atoms with Crippen molar-refractivity contribution in [2.75, 3.05) is 20.2 Å². The summed E-state index contributed by atoms with van der Waals surface area (Å²) in [4.78, 5) is 34.3. The van der Waals surface area contributed by atoms with Crippen LogP contribution in [0.2, 0.25) is 0 Å². The molecular formula is C19H27N5O3. The molecule has 0 aliphatic carbocycles. The molecule has 3 rings (SSSR count). The van der Waals surface area contributed by atoms with Crippen LogP contribution in [0.4, 0.5) is 0 Å². The number of piperidine rings is 1. The lowest BCUT2D eigenvalue weighted by Gasteiger charge is -2.32. The molecule has 1 fully saturated rings. The number of amides is 1. The molecular weight excluding hydrogens is 346 g/mol. The van der Waals surface area contributed by atoms with E-state index in [1.54, 1.807) is 12.4 Å². The Kier molecular flexibility index (Phi) is 6.05. The summed E-state index contributed by atoms with van der Waals surface area (Å²) in [6.07, 6.45) is 6.09. The Labute approximate surface area is 158 Å². The van der Waals surface area contributed by atoms with Crippen LogP contribution >= 0.6 is 0 Å². The Morgan fingerprint density at radius 1 is 1.37 bits per heavy atom. The summed E-state index contributed by atoms with van der Waals surface area (Å²) in [7, 11) is 1.30. The van der Waals surface area contributed by atoms with Crippen molar-refractivity contribution < 1.29 is 14.3 Å². The second kappa shape index (κ2) is 8.47. The number of ether oxygens (including phenoxy) is 1. The van der Waals surface area contributed by atoms with E-state index in [-0.39, 0.29) is 12.3 Å². The highest BCUT2D eigenvalue weighted by molar-refractivity contribution is 5.79. The molecule has 0 radical (unpaired) electrons. The first-order valence-corrected chi connectivity index (χ1v) is 9.37. The fourth-order valence-corrected chi connectivity index (χ4v) is 3.66. The molecule has 0 unspecified atom stereocenters. The number of imidazole rings is 1. The van der Waals surface area contributed by atoms with E-state index in [9.17, 15) is 9.59 Å². The number of likely N-dealkylation sites (tertiary alicyclic amines) is 1. The summed E-state index contributed by atoms with van der Waals surface area (Å²) in [5, 5.41) is 0. The first kappa shape index (κ1) is 19.3. The van der Waals surface area contributed by atoms with Gasteiger partial charge >= 0.3 is 5.97 Å². The Balaban J connectivity index is 1.51. The highest BCUT2D eigenvalue weighted by atomic mass is 16.5. The van der Waals surface area contributed by atoms with Gasteiger partial charge in [-0.05, 0) is 38.2 Å². The lowest BCUT2D eigenvalue weighted by molar-refractivity contribution is -0.142. The molecule has 1 aliphatic heterocycles. The molecule has 0 aromatic carbocycles. The number of pyridine rings is 1. The zero-order valence-corrected chi connectivity index (χ0v) is 15.9. The van der Waals surface area contributed by atoms with E-state index in [0.29, 0.717) is 12.3 Å². The molecule has 0 saturated carbocycles. The number of hydrogen-bond donors (Lipinski definition) is 1. The van der Waals surface area contributed by atoms with Crippen molar-refractivity contribution >= 4 is 22.9 Å². The molecule has 1 aliphatic rings. The molecule has 1 atom stereocenters. The minimum Gasteiger partial charge on any atom is -0.468 e. The molecule has 0 spiro atoms. The molecule has 2 aromatic heterocycles. The highest BCUT2D eigenvalue weighted by Gasteiger charge is 2.25. The fourth-order valence-electron chi connectivity index (χ4n) is 3.66. The van der Waals surface area contributed by atoms with Crippen molar-refractivity contribution in [3.05, 3.63) is 24.3 Å². The average molecular weight is 373 g/mol. The van der Waals surface area contributed by atoms with Gasteiger partial charge in [-0.3, -0.25) is 14.6 Å². The van der Waals surface area contributed by atoms with Crippen LogP contribution < -0.4 is 5.73 Å². The van der Waals surface area contributed by atoms with Gasteiger partial charge in [0, 0.05) is 32.3 Å². The number of nitrogens with zero attached hydrogens (tertiary/aromatic N) is 4. The Morgan fingerprint density at radius 2 is 2.11 bits per heavy atom. The van der Waals surface area contributed by atoms with Gasteiger partial charge in [-0.15, -0.1) is 0 Å². The van der Waals surface area contributed by atoms with Gasteiger partial charge in [0.1, 0.15) is 17.4 Å². The van der Waals surface area contributed by atoms with Gasteiger partial charge in [0.25, 0.3) is 0 Å². The van der Waals surface area contributed by atoms with Gasteiger partial charge in [-0.1, -0.05) is 0 Å². The third-order valence-electron chi connectivity index (χ3n) is 5.32. The first-order chi connectivity index (χ1) is 13.0. The van der Waals surface area contributed by atoms with Crippen molar-refractivity contribution in [2.24, 2.45) is 11.7 Å². The maximum atomic E-state index is 12.4. The molecule has 146 valence electrons. The molecule has 0 bridgehead atoms. The van der Waals surface area contributed by atoms with Crippen molar-refractivity contribution in [3.63, 3.8) is 0 Å². The topological polar surface area (TPSA) is 103 Å². The van der Waals surface area contributed by atoms with Crippen LogP contribution in [0, 0.1) is 12.8 Å². The van der Waals surface area contributed by atoms with E-state index in [4.69, 9.17) is 5.73 Å². The number of nitrogens with two attached hydrogens (primary N) is 1. The lowest BCUT2D eigenvalue weighted by Crippen LogP contribution is -2.40. The number of aryl methyl sites for hydroxylation is 1. The van der Waals surface area contributed by atoms with Crippen molar-refractivity contribution in [2.45, 2.75) is 45.2 Å². The summed E-state index contributed by atoms with van der Waals surface area (Å²) in [5.74, 6) is 1.09. The number of fused-ring (bicyclic) bond motifs is 1. The molecule has 1 saturated heterocycles. The van der Waals surface area contributed by atoms with E-state index in [1.165, 1.54) is 7.11 Å². The number of hydrogen-bond acceptors (Lipinski definition) is 6. The summed E-state index contributed by atoms with van der Waals surface area (Å²) in [6.45, 7) is 4.40. The summed E-state index contributed by atoms with van der Waals surface area (Å²) >= 11 is 0. The molecule has 8 nitrogen and oxygen atoms in total. The van der Waals surface area contributed by atoms with Gasteiger partial charge in [-0.2, -0.15) is 0 Å². The number of methoxy groups -OCH3 is 1. The maximum absolute atomic E-state index is 12.4. The van der Waals surface area contributed by atoms with Gasteiger partial charge in [0.15, 0.2) is 0 Å². The second-order valence-electron chi connectivity index (χ2n) is 7.13. The van der Waals surface area contributed by atoms with E-state index in [2.05, 4.69) is 19.3 Å².